The highest BCUT2D eigenvalue weighted by atomic mass is 16.5. The number of H-pyrrole nitrogens is 1. The summed E-state index contributed by atoms with van der Waals surface area (Å²) in [5.74, 6) is 0.0917. The van der Waals surface area contributed by atoms with Gasteiger partial charge in [-0.3, -0.25) is 4.79 Å². The standard InChI is InChI=1S/C20H27NO3/c1-13-9-16(15(3)22)10-14(2)19(13)17-11-18(21-12-17)20(4,24-6)7-8-23-5/h9-12,21H,7-8H2,1-6H3. The van der Waals surface area contributed by atoms with E-state index in [1.54, 1.807) is 21.1 Å². The number of aromatic amines is 1. The highest BCUT2D eigenvalue weighted by molar-refractivity contribution is 5.95. The minimum Gasteiger partial charge on any atom is -0.385 e. The van der Waals surface area contributed by atoms with Crippen LogP contribution < -0.4 is 0 Å². The van der Waals surface area contributed by atoms with Gasteiger partial charge >= 0.3 is 0 Å². The normalized spacial score (nSPS) is 13.8. The second-order valence-electron chi connectivity index (χ2n) is 6.52. The number of methoxy groups -OCH3 is 2. The average Bonchev–Trinajstić information content (AvgIpc) is 3.02. The first kappa shape index (κ1) is 18.4. The van der Waals surface area contributed by atoms with Gasteiger partial charge in [-0.2, -0.15) is 0 Å². The van der Waals surface area contributed by atoms with Gasteiger partial charge in [-0.15, -0.1) is 0 Å². The first-order chi connectivity index (χ1) is 11.3. The van der Waals surface area contributed by atoms with Gasteiger partial charge < -0.3 is 14.5 Å². The number of aryl methyl sites for hydroxylation is 2. The van der Waals surface area contributed by atoms with Crippen LogP contribution in [0.3, 0.4) is 0 Å². The van der Waals surface area contributed by atoms with Crippen LogP contribution in [0, 0.1) is 13.8 Å². The summed E-state index contributed by atoms with van der Waals surface area (Å²) in [6, 6.07) is 6.04. The molecule has 0 spiro atoms. The van der Waals surface area contributed by atoms with E-state index in [0.29, 0.717) is 6.61 Å². The van der Waals surface area contributed by atoms with Crippen LogP contribution >= 0.6 is 0 Å². The summed E-state index contributed by atoms with van der Waals surface area (Å²) in [4.78, 5) is 15.0. The van der Waals surface area contributed by atoms with Crippen LogP contribution in [0.5, 0.6) is 0 Å². The van der Waals surface area contributed by atoms with Crippen molar-refractivity contribution in [3.05, 3.63) is 46.8 Å². The zero-order chi connectivity index (χ0) is 17.9. The maximum absolute atomic E-state index is 11.6. The van der Waals surface area contributed by atoms with Gasteiger partial charge in [0, 0.05) is 50.3 Å². The molecule has 1 N–H and O–H groups in total. The Kier molecular flexibility index (Phi) is 5.62. The first-order valence-corrected chi connectivity index (χ1v) is 8.18. The summed E-state index contributed by atoms with van der Waals surface area (Å²) < 4.78 is 10.9. The Morgan fingerprint density at radius 1 is 1.17 bits per heavy atom. The summed E-state index contributed by atoms with van der Waals surface area (Å²) in [5, 5.41) is 0. The maximum Gasteiger partial charge on any atom is 0.159 e. The van der Waals surface area contributed by atoms with Gasteiger partial charge in [-0.05, 0) is 62.6 Å². The van der Waals surface area contributed by atoms with E-state index in [0.717, 1.165) is 39.9 Å². The van der Waals surface area contributed by atoms with E-state index in [-0.39, 0.29) is 5.78 Å². The lowest BCUT2D eigenvalue weighted by atomic mass is 9.92. The Labute approximate surface area is 144 Å². The molecule has 24 heavy (non-hydrogen) atoms. The van der Waals surface area contributed by atoms with Crippen molar-refractivity contribution in [1.82, 2.24) is 4.98 Å². The van der Waals surface area contributed by atoms with E-state index in [1.807, 2.05) is 32.2 Å². The van der Waals surface area contributed by atoms with Gasteiger partial charge in [0.2, 0.25) is 0 Å². The van der Waals surface area contributed by atoms with Crippen molar-refractivity contribution in [1.29, 1.82) is 0 Å². The number of ether oxygens (including phenoxy) is 2. The summed E-state index contributed by atoms with van der Waals surface area (Å²) >= 11 is 0. The molecular formula is C20H27NO3. The van der Waals surface area contributed by atoms with Crippen molar-refractivity contribution in [2.24, 2.45) is 0 Å². The zero-order valence-corrected chi connectivity index (χ0v) is 15.4. The molecule has 1 heterocycles. The number of Topliss-reactive ketones (excluding diaryl/α,β-unsaturated/α-hetero) is 1. The monoisotopic (exact) mass is 329 g/mol. The average molecular weight is 329 g/mol. The van der Waals surface area contributed by atoms with E-state index in [1.165, 1.54) is 0 Å². The molecule has 0 radical (unpaired) electrons. The van der Waals surface area contributed by atoms with Gasteiger partial charge in [0.15, 0.2) is 5.78 Å². The molecule has 1 aromatic carbocycles. The van der Waals surface area contributed by atoms with Crippen molar-refractivity contribution in [3.63, 3.8) is 0 Å². The lowest BCUT2D eigenvalue weighted by molar-refractivity contribution is -0.0253. The molecule has 1 aromatic heterocycles. The predicted molar refractivity (Wildman–Crippen MR) is 96.6 cm³/mol. The zero-order valence-electron chi connectivity index (χ0n) is 15.4. The smallest absolute Gasteiger partial charge is 0.159 e. The number of hydrogen-bond donors (Lipinski definition) is 1. The fourth-order valence-corrected chi connectivity index (χ4v) is 3.11. The van der Waals surface area contributed by atoms with Crippen LogP contribution in [-0.4, -0.2) is 31.6 Å². The summed E-state index contributed by atoms with van der Waals surface area (Å²) in [6.45, 7) is 8.37. The largest absolute Gasteiger partial charge is 0.385 e. The van der Waals surface area contributed by atoms with Gasteiger partial charge in [-0.1, -0.05) is 0 Å². The van der Waals surface area contributed by atoms with Crippen LogP contribution in [0.15, 0.2) is 24.4 Å². The quantitative estimate of drug-likeness (QED) is 0.766. The van der Waals surface area contributed by atoms with Crippen molar-refractivity contribution >= 4 is 5.78 Å². The summed E-state index contributed by atoms with van der Waals surface area (Å²) in [7, 11) is 3.41. The molecule has 130 valence electrons. The highest BCUT2D eigenvalue weighted by Gasteiger charge is 2.28. The Morgan fingerprint density at radius 2 is 1.79 bits per heavy atom. The van der Waals surface area contributed by atoms with Crippen molar-refractivity contribution in [2.45, 2.75) is 39.7 Å². The lowest BCUT2D eigenvalue weighted by Crippen LogP contribution is -2.26. The predicted octanol–water partition coefficient (Wildman–Crippen LogP) is 4.40. The number of nitrogens with one attached hydrogen (secondary N) is 1. The van der Waals surface area contributed by atoms with Crippen LogP contribution in [0.1, 0.15) is 47.4 Å². The first-order valence-electron chi connectivity index (χ1n) is 8.18. The van der Waals surface area contributed by atoms with Crippen molar-refractivity contribution in [2.75, 3.05) is 20.8 Å². The molecule has 0 bridgehead atoms. The highest BCUT2D eigenvalue weighted by Crippen LogP contribution is 2.34. The number of ketones is 1. The van der Waals surface area contributed by atoms with E-state index >= 15 is 0 Å². The maximum atomic E-state index is 11.6. The number of hydrogen-bond acceptors (Lipinski definition) is 3. The fraction of sp³-hybridized carbons (Fsp3) is 0.450. The van der Waals surface area contributed by atoms with E-state index in [2.05, 4.69) is 18.0 Å². The third-order valence-corrected chi connectivity index (χ3v) is 4.71. The molecule has 2 rings (SSSR count). The molecule has 0 saturated heterocycles. The molecule has 1 atom stereocenters. The van der Waals surface area contributed by atoms with E-state index in [9.17, 15) is 4.79 Å². The van der Waals surface area contributed by atoms with Crippen molar-refractivity contribution < 1.29 is 14.3 Å². The Hall–Kier alpha value is -1.91. The van der Waals surface area contributed by atoms with E-state index < -0.39 is 5.60 Å². The van der Waals surface area contributed by atoms with Crippen LogP contribution in [0.25, 0.3) is 11.1 Å². The third-order valence-electron chi connectivity index (χ3n) is 4.71. The molecule has 0 saturated carbocycles. The molecule has 2 aromatic rings. The molecule has 4 nitrogen and oxygen atoms in total. The second kappa shape index (κ2) is 7.32. The van der Waals surface area contributed by atoms with Gasteiger partial charge in [0.05, 0.1) is 0 Å². The molecule has 0 aliphatic heterocycles. The summed E-state index contributed by atoms with van der Waals surface area (Å²) in [6.07, 6.45) is 2.77. The van der Waals surface area contributed by atoms with Crippen molar-refractivity contribution in [3.8, 4) is 11.1 Å². The second-order valence-corrected chi connectivity index (χ2v) is 6.52. The molecule has 0 amide bonds. The SMILES string of the molecule is COCCC(C)(OC)c1cc(-c2c(C)cc(C(C)=O)cc2C)c[nH]1. The molecule has 0 aliphatic rings. The van der Waals surface area contributed by atoms with Gasteiger partial charge in [0.1, 0.15) is 5.60 Å². The molecule has 0 fully saturated rings. The number of carbonyl (C=O) groups excluding carboxylic acids is 1. The molecule has 4 heteroatoms. The van der Waals surface area contributed by atoms with Crippen LogP contribution in [-0.2, 0) is 15.1 Å². The Bertz CT molecular complexity index is 709. The Morgan fingerprint density at radius 3 is 2.29 bits per heavy atom. The van der Waals surface area contributed by atoms with Crippen LogP contribution in [0.4, 0.5) is 0 Å². The number of carbonyl (C=O) groups is 1. The topological polar surface area (TPSA) is 51.3 Å². The minimum absolute atomic E-state index is 0.0917. The fourth-order valence-electron chi connectivity index (χ4n) is 3.11. The number of aromatic nitrogens is 1. The lowest BCUT2D eigenvalue weighted by Gasteiger charge is -2.26. The number of rotatable bonds is 7. The van der Waals surface area contributed by atoms with Gasteiger partial charge in [0.25, 0.3) is 0 Å². The van der Waals surface area contributed by atoms with Crippen LogP contribution in [0.2, 0.25) is 0 Å². The molecule has 0 aliphatic carbocycles. The molecule has 1 unspecified atom stereocenters. The third kappa shape index (κ3) is 3.60. The van der Waals surface area contributed by atoms with E-state index in [4.69, 9.17) is 9.47 Å². The van der Waals surface area contributed by atoms with Gasteiger partial charge in [-0.25, -0.2) is 0 Å². The minimum atomic E-state index is -0.421. The Balaban J connectivity index is 2.42. The summed E-state index contributed by atoms with van der Waals surface area (Å²) in [5.41, 5.74) is 5.82. The molecular weight excluding hydrogens is 302 g/mol. The number of benzene rings is 1.